The van der Waals surface area contributed by atoms with Crippen LogP contribution in [-0.4, -0.2) is 25.1 Å². The Morgan fingerprint density at radius 2 is 1.61 bits per heavy atom. The smallest absolute Gasteiger partial charge is 0.406 e. The minimum absolute atomic E-state index is 0.189. The number of halogens is 5. The van der Waals surface area contributed by atoms with Crippen LogP contribution in [0, 0.1) is 11.6 Å². The van der Waals surface area contributed by atoms with Crippen LogP contribution in [0.1, 0.15) is 56.1 Å². The van der Waals surface area contributed by atoms with E-state index in [0.29, 0.717) is 25.3 Å². The number of rotatable bonds is 7. The monoisotopic (exact) mass is 469 g/mol. The SMILES string of the molecule is Fc1cc(F)cc(CNCC[C@@]2(c3ccc(OC(F)(F)F)cc3)CCOC3(CCCC3)C2)c1. The molecular formula is C25H28F5NO2. The van der Waals surface area contributed by atoms with Gasteiger partial charge in [-0.25, -0.2) is 8.78 Å². The average Bonchev–Trinajstić information content (AvgIpc) is 3.17. The van der Waals surface area contributed by atoms with Crippen LogP contribution in [0.25, 0.3) is 0 Å². The van der Waals surface area contributed by atoms with Crippen LogP contribution in [0.3, 0.4) is 0 Å². The molecule has 0 aromatic heterocycles. The molecule has 0 unspecified atom stereocenters. The van der Waals surface area contributed by atoms with E-state index < -0.39 is 18.0 Å². The summed E-state index contributed by atoms with van der Waals surface area (Å²) in [5, 5.41) is 3.27. The van der Waals surface area contributed by atoms with Crippen LogP contribution in [0.4, 0.5) is 22.0 Å². The molecule has 1 atom stereocenters. The second-order valence-electron chi connectivity index (χ2n) is 9.22. The Morgan fingerprint density at radius 1 is 0.939 bits per heavy atom. The van der Waals surface area contributed by atoms with Crippen molar-refractivity contribution in [2.45, 2.75) is 68.9 Å². The van der Waals surface area contributed by atoms with Crippen molar-refractivity contribution in [1.29, 1.82) is 0 Å². The molecule has 2 fully saturated rings. The lowest BCUT2D eigenvalue weighted by Gasteiger charge is -2.47. The summed E-state index contributed by atoms with van der Waals surface area (Å²) in [6.45, 7) is 1.51. The summed E-state index contributed by atoms with van der Waals surface area (Å²) in [5.41, 5.74) is 1.03. The summed E-state index contributed by atoms with van der Waals surface area (Å²) in [7, 11) is 0. The third-order valence-corrected chi connectivity index (χ3v) is 6.90. The maximum Gasteiger partial charge on any atom is 0.573 e. The number of hydrogen-bond donors (Lipinski definition) is 1. The highest BCUT2D eigenvalue weighted by atomic mass is 19.4. The topological polar surface area (TPSA) is 30.5 Å². The Kier molecular flexibility index (Phi) is 6.96. The zero-order chi connectivity index (χ0) is 23.5. The minimum Gasteiger partial charge on any atom is -0.406 e. The molecule has 4 rings (SSSR count). The van der Waals surface area contributed by atoms with Gasteiger partial charge in [0, 0.05) is 24.6 Å². The summed E-state index contributed by atoms with van der Waals surface area (Å²) in [4.78, 5) is 0. The van der Waals surface area contributed by atoms with Crippen molar-refractivity contribution in [2.75, 3.05) is 13.2 Å². The maximum absolute atomic E-state index is 13.5. The van der Waals surface area contributed by atoms with E-state index in [1.807, 2.05) is 0 Å². The Bertz CT molecular complexity index is 921. The van der Waals surface area contributed by atoms with Gasteiger partial charge < -0.3 is 14.8 Å². The zero-order valence-corrected chi connectivity index (χ0v) is 18.3. The molecule has 180 valence electrons. The lowest BCUT2D eigenvalue weighted by atomic mass is 9.66. The second-order valence-corrected chi connectivity index (χ2v) is 9.22. The van der Waals surface area contributed by atoms with Gasteiger partial charge in [0.1, 0.15) is 17.4 Å². The lowest BCUT2D eigenvalue weighted by molar-refractivity contribution is -0.274. The number of ether oxygens (including phenoxy) is 2. The van der Waals surface area contributed by atoms with E-state index in [1.165, 1.54) is 24.3 Å². The third kappa shape index (κ3) is 6.03. The molecule has 1 heterocycles. The zero-order valence-electron chi connectivity index (χ0n) is 18.3. The molecule has 1 N–H and O–H groups in total. The van der Waals surface area contributed by atoms with Gasteiger partial charge in [-0.05, 0) is 74.0 Å². The fourth-order valence-electron chi connectivity index (χ4n) is 5.45. The van der Waals surface area contributed by atoms with Gasteiger partial charge >= 0.3 is 6.36 Å². The second kappa shape index (κ2) is 9.58. The van der Waals surface area contributed by atoms with Crippen molar-refractivity contribution < 1.29 is 31.4 Å². The fourth-order valence-corrected chi connectivity index (χ4v) is 5.45. The first-order valence-corrected chi connectivity index (χ1v) is 11.3. The number of alkyl halides is 3. The van der Waals surface area contributed by atoms with E-state index in [1.54, 1.807) is 12.1 Å². The molecule has 1 spiro atoms. The van der Waals surface area contributed by atoms with Crippen LogP contribution >= 0.6 is 0 Å². The minimum atomic E-state index is -4.73. The summed E-state index contributed by atoms with van der Waals surface area (Å²) >= 11 is 0. The normalized spacial score (nSPS) is 22.6. The number of nitrogens with one attached hydrogen (secondary N) is 1. The molecule has 2 aromatic rings. The first-order valence-electron chi connectivity index (χ1n) is 11.3. The predicted octanol–water partition coefficient (Wildman–Crippen LogP) is 6.40. The van der Waals surface area contributed by atoms with Gasteiger partial charge in [-0.1, -0.05) is 25.0 Å². The van der Waals surface area contributed by atoms with E-state index in [9.17, 15) is 22.0 Å². The van der Waals surface area contributed by atoms with Crippen LogP contribution in [-0.2, 0) is 16.7 Å². The third-order valence-electron chi connectivity index (χ3n) is 6.90. The predicted molar refractivity (Wildman–Crippen MR) is 114 cm³/mol. The Morgan fingerprint density at radius 3 is 2.24 bits per heavy atom. The van der Waals surface area contributed by atoms with Crippen molar-refractivity contribution >= 4 is 0 Å². The summed E-state index contributed by atoms with van der Waals surface area (Å²) in [6, 6.07) is 9.61. The highest BCUT2D eigenvalue weighted by Gasteiger charge is 2.47. The summed E-state index contributed by atoms with van der Waals surface area (Å²) < 4.78 is 74.9. The summed E-state index contributed by atoms with van der Waals surface area (Å²) in [5.74, 6) is -1.47. The molecule has 33 heavy (non-hydrogen) atoms. The van der Waals surface area contributed by atoms with Gasteiger partial charge in [0.05, 0.1) is 5.60 Å². The van der Waals surface area contributed by atoms with Crippen molar-refractivity contribution in [3.05, 3.63) is 65.2 Å². The molecule has 1 aliphatic heterocycles. The fraction of sp³-hybridized carbons (Fsp3) is 0.520. The Hall–Kier alpha value is -2.19. The highest BCUT2D eigenvalue weighted by Crippen LogP contribution is 2.50. The molecule has 0 radical (unpaired) electrons. The molecule has 3 nitrogen and oxygen atoms in total. The van der Waals surface area contributed by atoms with E-state index in [2.05, 4.69) is 10.1 Å². The van der Waals surface area contributed by atoms with Gasteiger partial charge in [-0.2, -0.15) is 0 Å². The van der Waals surface area contributed by atoms with Crippen molar-refractivity contribution in [3.63, 3.8) is 0 Å². The molecule has 1 saturated carbocycles. The van der Waals surface area contributed by atoms with E-state index >= 15 is 0 Å². The van der Waals surface area contributed by atoms with Crippen LogP contribution in [0.5, 0.6) is 5.75 Å². The highest BCUT2D eigenvalue weighted by molar-refractivity contribution is 5.34. The van der Waals surface area contributed by atoms with Gasteiger partial charge in [0.15, 0.2) is 0 Å². The Labute approximate surface area is 190 Å². The molecule has 2 aromatic carbocycles. The average molecular weight is 469 g/mol. The van der Waals surface area contributed by atoms with Crippen LogP contribution < -0.4 is 10.1 Å². The van der Waals surface area contributed by atoms with Gasteiger partial charge in [-0.15, -0.1) is 13.2 Å². The molecule has 8 heteroatoms. The van der Waals surface area contributed by atoms with Gasteiger partial charge in [-0.3, -0.25) is 0 Å². The lowest BCUT2D eigenvalue weighted by Crippen LogP contribution is -2.47. The van der Waals surface area contributed by atoms with Crippen molar-refractivity contribution in [3.8, 4) is 5.75 Å². The standard InChI is InChI=1S/C25H28F5NO2/c26-20-13-18(14-21(27)15-20)16-31-11-9-23(10-12-32-24(17-23)7-1-2-8-24)19-3-5-22(6-4-19)33-25(28,29)30/h3-6,13-15,31H,1-2,7-12,16-17H2/t23-/m1/s1. The largest absolute Gasteiger partial charge is 0.573 e. The molecule has 1 saturated heterocycles. The van der Waals surface area contributed by atoms with E-state index in [-0.39, 0.29) is 16.8 Å². The number of benzene rings is 2. The van der Waals surface area contributed by atoms with Crippen LogP contribution in [0.2, 0.25) is 0 Å². The maximum atomic E-state index is 13.5. The first-order chi connectivity index (χ1) is 15.7. The van der Waals surface area contributed by atoms with Crippen molar-refractivity contribution in [1.82, 2.24) is 5.32 Å². The van der Waals surface area contributed by atoms with Gasteiger partial charge in [0.25, 0.3) is 0 Å². The molecule has 0 bridgehead atoms. The van der Waals surface area contributed by atoms with E-state index in [0.717, 1.165) is 56.6 Å². The molecule has 2 aliphatic rings. The molecule has 0 amide bonds. The molecule has 1 aliphatic carbocycles. The van der Waals surface area contributed by atoms with Gasteiger partial charge in [0.2, 0.25) is 0 Å². The van der Waals surface area contributed by atoms with Crippen molar-refractivity contribution in [2.24, 2.45) is 0 Å². The van der Waals surface area contributed by atoms with E-state index in [4.69, 9.17) is 4.74 Å². The first kappa shape index (κ1) is 24.0. The van der Waals surface area contributed by atoms with Crippen LogP contribution in [0.15, 0.2) is 42.5 Å². The number of hydrogen-bond acceptors (Lipinski definition) is 3. The quantitative estimate of drug-likeness (QED) is 0.376. The molecular weight excluding hydrogens is 441 g/mol. The summed E-state index contributed by atoms with van der Waals surface area (Å²) in [6.07, 6.45) is 1.75. The Balaban J connectivity index is 1.49.